The number of benzene rings is 1. The maximum atomic E-state index is 11.7. The molecule has 1 aromatic rings. The highest BCUT2D eigenvalue weighted by Crippen LogP contribution is 2.16. The van der Waals surface area contributed by atoms with Crippen molar-refractivity contribution in [1.82, 2.24) is 0 Å². The molecule has 4 nitrogen and oxygen atoms in total. The summed E-state index contributed by atoms with van der Waals surface area (Å²) in [5, 5.41) is 8.53. The molecule has 0 saturated heterocycles. The van der Waals surface area contributed by atoms with Crippen molar-refractivity contribution in [3.63, 3.8) is 0 Å². The second-order valence-corrected chi connectivity index (χ2v) is 3.44. The third-order valence-corrected chi connectivity index (χ3v) is 1.85. The van der Waals surface area contributed by atoms with Crippen LogP contribution in [0.5, 0.6) is 5.75 Å². The van der Waals surface area contributed by atoms with Crippen LogP contribution in [0.3, 0.4) is 0 Å². The molecule has 1 N–H and O–H groups in total. The summed E-state index contributed by atoms with van der Waals surface area (Å²) in [6, 6.07) is 5.98. The first-order valence-corrected chi connectivity index (χ1v) is 4.95. The summed E-state index contributed by atoms with van der Waals surface area (Å²) in [6.07, 6.45) is -4.50. The Labute approximate surface area is 101 Å². The number of carbonyl (C=O) groups is 1. The molecule has 0 heterocycles. The number of alkyl halides is 3. The van der Waals surface area contributed by atoms with E-state index in [0.717, 1.165) is 0 Å². The molecule has 100 valence electrons. The van der Waals surface area contributed by atoms with E-state index in [4.69, 9.17) is 9.84 Å². The number of halogens is 3. The fourth-order valence-electron chi connectivity index (χ4n) is 1.15. The molecule has 0 aromatic heterocycles. The molecule has 7 heteroatoms. The van der Waals surface area contributed by atoms with Gasteiger partial charge in [0.25, 0.3) is 0 Å². The minimum absolute atomic E-state index is 0.120. The SMILES string of the molecule is O=C(O)Cc1ccc(OCOCC(F)(F)F)cc1. The van der Waals surface area contributed by atoms with Crippen LogP contribution in [0.15, 0.2) is 24.3 Å². The highest BCUT2D eigenvalue weighted by Gasteiger charge is 2.27. The average Bonchev–Trinajstić information content (AvgIpc) is 2.24. The number of rotatable bonds is 6. The first-order chi connectivity index (χ1) is 8.37. The third-order valence-electron chi connectivity index (χ3n) is 1.85. The second-order valence-electron chi connectivity index (χ2n) is 3.44. The fraction of sp³-hybridized carbons (Fsp3) is 0.364. The minimum Gasteiger partial charge on any atom is -0.481 e. The molecule has 0 saturated carbocycles. The number of carboxylic acids is 1. The van der Waals surface area contributed by atoms with Crippen molar-refractivity contribution >= 4 is 5.97 Å². The lowest BCUT2D eigenvalue weighted by molar-refractivity contribution is -0.186. The Bertz CT molecular complexity index is 386. The average molecular weight is 264 g/mol. The van der Waals surface area contributed by atoms with Crippen LogP contribution in [0.25, 0.3) is 0 Å². The highest BCUT2D eigenvalue weighted by molar-refractivity contribution is 5.70. The van der Waals surface area contributed by atoms with E-state index in [1.807, 2.05) is 0 Å². The van der Waals surface area contributed by atoms with E-state index < -0.39 is 25.5 Å². The zero-order valence-corrected chi connectivity index (χ0v) is 9.24. The Hall–Kier alpha value is -1.76. The number of hydrogen-bond acceptors (Lipinski definition) is 3. The molecule has 0 fully saturated rings. The monoisotopic (exact) mass is 264 g/mol. The molecule has 0 bridgehead atoms. The third kappa shape index (κ3) is 6.09. The first-order valence-electron chi connectivity index (χ1n) is 4.95. The maximum Gasteiger partial charge on any atom is 0.411 e. The molecule has 0 aliphatic carbocycles. The molecule has 0 aliphatic heterocycles. The molecule has 0 unspecified atom stereocenters. The van der Waals surface area contributed by atoms with E-state index in [0.29, 0.717) is 11.3 Å². The number of hydrogen-bond donors (Lipinski definition) is 1. The normalized spacial score (nSPS) is 11.3. The lowest BCUT2D eigenvalue weighted by Crippen LogP contribution is -2.19. The standard InChI is InChI=1S/C11H11F3O4/c12-11(13,14)6-17-7-18-9-3-1-8(2-4-9)5-10(15)16/h1-4H,5-7H2,(H,15,16). The minimum atomic E-state index is -4.38. The molecule has 1 rings (SSSR count). The van der Waals surface area contributed by atoms with Crippen molar-refractivity contribution < 1.29 is 32.5 Å². The lowest BCUT2D eigenvalue weighted by atomic mass is 10.1. The predicted octanol–water partition coefficient (Wildman–Crippen LogP) is 2.23. The maximum absolute atomic E-state index is 11.7. The second kappa shape index (κ2) is 6.25. The molecular weight excluding hydrogens is 253 g/mol. The Kier molecular flexibility index (Phi) is 4.96. The first kappa shape index (κ1) is 14.3. The van der Waals surface area contributed by atoms with Gasteiger partial charge in [-0.25, -0.2) is 0 Å². The Morgan fingerprint density at radius 1 is 1.22 bits per heavy atom. The lowest BCUT2D eigenvalue weighted by Gasteiger charge is -2.09. The van der Waals surface area contributed by atoms with Gasteiger partial charge in [-0.15, -0.1) is 0 Å². The van der Waals surface area contributed by atoms with Crippen LogP contribution in [0.4, 0.5) is 13.2 Å². The van der Waals surface area contributed by atoms with Gasteiger partial charge >= 0.3 is 12.1 Å². The summed E-state index contributed by atoms with van der Waals surface area (Å²) < 4.78 is 44.3. The van der Waals surface area contributed by atoms with Gasteiger partial charge < -0.3 is 14.6 Å². The van der Waals surface area contributed by atoms with Gasteiger partial charge in [-0.1, -0.05) is 12.1 Å². The molecule has 0 amide bonds. The molecule has 0 radical (unpaired) electrons. The van der Waals surface area contributed by atoms with Gasteiger partial charge in [0.05, 0.1) is 6.42 Å². The van der Waals surface area contributed by atoms with Crippen LogP contribution in [-0.2, 0) is 16.0 Å². The quantitative estimate of drug-likeness (QED) is 0.632. The summed E-state index contributed by atoms with van der Waals surface area (Å²) in [4.78, 5) is 10.4. The molecule has 0 atom stereocenters. The predicted molar refractivity (Wildman–Crippen MR) is 55.3 cm³/mol. The molecule has 0 aliphatic rings. The van der Waals surface area contributed by atoms with E-state index in [-0.39, 0.29) is 6.42 Å². The smallest absolute Gasteiger partial charge is 0.411 e. The molecule has 1 aromatic carbocycles. The fourth-order valence-corrected chi connectivity index (χ4v) is 1.15. The van der Waals surface area contributed by atoms with Crippen molar-refractivity contribution in [3.8, 4) is 5.75 Å². The van der Waals surface area contributed by atoms with E-state index in [2.05, 4.69) is 4.74 Å². The Morgan fingerprint density at radius 2 is 1.83 bits per heavy atom. The highest BCUT2D eigenvalue weighted by atomic mass is 19.4. The summed E-state index contributed by atoms with van der Waals surface area (Å²) in [7, 11) is 0. The van der Waals surface area contributed by atoms with Crippen molar-refractivity contribution in [3.05, 3.63) is 29.8 Å². The van der Waals surface area contributed by atoms with Crippen molar-refractivity contribution in [1.29, 1.82) is 0 Å². The van der Waals surface area contributed by atoms with Crippen LogP contribution in [0.1, 0.15) is 5.56 Å². The summed E-state index contributed by atoms with van der Waals surface area (Å²) in [5.41, 5.74) is 0.575. The van der Waals surface area contributed by atoms with Gasteiger partial charge in [0, 0.05) is 0 Å². The number of ether oxygens (including phenoxy) is 2. The van der Waals surface area contributed by atoms with Crippen LogP contribution >= 0.6 is 0 Å². The topological polar surface area (TPSA) is 55.8 Å². The van der Waals surface area contributed by atoms with Crippen LogP contribution in [-0.4, -0.2) is 30.7 Å². The zero-order valence-electron chi connectivity index (χ0n) is 9.24. The van der Waals surface area contributed by atoms with Gasteiger partial charge in [0.15, 0.2) is 6.79 Å². The molecular formula is C11H11F3O4. The van der Waals surface area contributed by atoms with Gasteiger partial charge in [-0.05, 0) is 17.7 Å². The van der Waals surface area contributed by atoms with Gasteiger partial charge in [0.2, 0.25) is 0 Å². The molecule has 0 spiro atoms. The summed E-state index contributed by atoms with van der Waals surface area (Å²) >= 11 is 0. The van der Waals surface area contributed by atoms with E-state index >= 15 is 0 Å². The van der Waals surface area contributed by atoms with Crippen molar-refractivity contribution in [2.45, 2.75) is 12.6 Å². The Morgan fingerprint density at radius 3 is 2.33 bits per heavy atom. The van der Waals surface area contributed by atoms with Crippen molar-refractivity contribution in [2.75, 3.05) is 13.4 Å². The largest absolute Gasteiger partial charge is 0.481 e. The Balaban J connectivity index is 2.33. The van der Waals surface area contributed by atoms with Crippen LogP contribution < -0.4 is 4.74 Å². The van der Waals surface area contributed by atoms with Gasteiger partial charge in [-0.2, -0.15) is 13.2 Å². The summed E-state index contributed by atoms with van der Waals surface area (Å²) in [6.45, 7) is -1.89. The van der Waals surface area contributed by atoms with Crippen LogP contribution in [0.2, 0.25) is 0 Å². The van der Waals surface area contributed by atoms with Crippen LogP contribution in [0, 0.1) is 0 Å². The van der Waals surface area contributed by atoms with E-state index in [9.17, 15) is 18.0 Å². The number of carboxylic acid groups (broad SMARTS) is 1. The van der Waals surface area contributed by atoms with Gasteiger partial charge in [-0.3, -0.25) is 4.79 Å². The molecule has 18 heavy (non-hydrogen) atoms. The summed E-state index contributed by atoms with van der Waals surface area (Å²) in [5.74, 6) is -0.650. The zero-order chi connectivity index (χ0) is 13.6. The van der Waals surface area contributed by atoms with E-state index in [1.54, 1.807) is 0 Å². The number of aliphatic carboxylic acids is 1. The van der Waals surface area contributed by atoms with Gasteiger partial charge in [0.1, 0.15) is 12.4 Å². The van der Waals surface area contributed by atoms with E-state index in [1.165, 1.54) is 24.3 Å². The van der Waals surface area contributed by atoms with Crippen molar-refractivity contribution in [2.24, 2.45) is 0 Å².